The van der Waals surface area contributed by atoms with Crippen LogP contribution in [0.2, 0.25) is 5.02 Å². The number of amides is 1. The van der Waals surface area contributed by atoms with Gasteiger partial charge in [0.15, 0.2) is 11.5 Å². The van der Waals surface area contributed by atoms with Gasteiger partial charge >= 0.3 is 0 Å². The number of halogens is 1. The van der Waals surface area contributed by atoms with E-state index in [9.17, 15) is 4.79 Å². The Morgan fingerprint density at radius 3 is 2.77 bits per heavy atom. The lowest BCUT2D eigenvalue weighted by Crippen LogP contribution is -2.23. The first kappa shape index (κ1) is 21.5. The maximum atomic E-state index is 12.0. The van der Waals surface area contributed by atoms with E-state index in [2.05, 4.69) is 10.3 Å². The molecule has 3 aromatic rings. The number of nitrogens with one attached hydrogen (secondary N) is 1. The molecular weight excluding hydrogens is 404 g/mol. The van der Waals surface area contributed by atoms with E-state index < -0.39 is 0 Å². The Labute approximate surface area is 180 Å². The minimum atomic E-state index is -0.201. The van der Waals surface area contributed by atoms with Crippen LogP contribution < -0.4 is 19.5 Å². The molecule has 0 aliphatic heterocycles. The average molecular weight is 427 g/mol. The fourth-order valence-corrected chi connectivity index (χ4v) is 3.22. The van der Waals surface area contributed by atoms with Gasteiger partial charge in [0.05, 0.1) is 25.8 Å². The Balaban J connectivity index is 1.46. The number of hydrogen-bond acceptors (Lipinski definition) is 5. The first-order valence-electron chi connectivity index (χ1n) is 9.46. The molecule has 0 atom stereocenters. The van der Waals surface area contributed by atoms with Crippen LogP contribution in [0, 0.1) is 0 Å². The largest absolute Gasteiger partial charge is 0.493 e. The number of rotatable bonds is 9. The van der Waals surface area contributed by atoms with Crippen LogP contribution in [0.3, 0.4) is 0 Å². The van der Waals surface area contributed by atoms with E-state index >= 15 is 0 Å². The number of aromatic nitrogens is 1. The zero-order chi connectivity index (χ0) is 21.3. The average Bonchev–Trinajstić information content (AvgIpc) is 2.77. The summed E-state index contributed by atoms with van der Waals surface area (Å²) in [6, 6.07) is 13.2. The quantitative estimate of drug-likeness (QED) is 0.403. The van der Waals surface area contributed by atoms with E-state index in [1.807, 2.05) is 30.3 Å². The van der Waals surface area contributed by atoms with Crippen LogP contribution in [0.15, 0.2) is 54.7 Å². The van der Waals surface area contributed by atoms with Crippen molar-refractivity contribution in [2.24, 2.45) is 0 Å². The molecule has 1 aromatic heterocycles. The van der Waals surface area contributed by atoms with Gasteiger partial charge in [0, 0.05) is 24.2 Å². The number of benzene rings is 2. The molecule has 0 radical (unpaired) electrons. The Bertz CT molecular complexity index is 1050. The maximum absolute atomic E-state index is 12.0. The van der Waals surface area contributed by atoms with E-state index in [1.165, 1.54) is 20.3 Å². The van der Waals surface area contributed by atoms with Crippen molar-refractivity contribution in [1.29, 1.82) is 0 Å². The maximum Gasteiger partial charge on any atom is 0.244 e. The minimum Gasteiger partial charge on any atom is -0.493 e. The highest BCUT2D eigenvalue weighted by atomic mass is 35.5. The van der Waals surface area contributed by atoms with E-state index in [0.29, 0.717) is 36.1 Å². The molecule has 0 fully saturated rings. The summed E-state index contributed by atoms with van der Waals surface area (Å²) in [4.78, 5) is 16.4. The van der Waals surface area contributed by atoms with Gasteiger partial charge < -0.3 is 19.5 Å². The van der Waals surface area contributed by atoms with Gasteiger partial charge in [-0.1, -0.05) is 29.8 Å². The van der Waals surface area contributed by atoms with Crippen LogP contribution in [-0.2, 0) is 4.79 Å². The van der Waals surface area contributed by atoms with E-state index in [4.69, 9.17) is 25.8 Å². The van der Waals surface area contributed by atoms with Crippen molar-refractivity contribution in [2.45, 2.75) is 6.42 Å². The molecule has 156 valence electrons. The van der Waals surface area contributed by atoms with Gasteiger partial charge in [-0.3, -0.25) is 9.78 Å². The number of para-hydroxylation sites is 1. The minimum absolute atomic E-state index is 0.201. The highest BCUT2D eigenvalue weighted by molar-refractivity contribution is 6.32. The predicted octanol–water partition coefficient (Wildman–Crippen LogP) is 4.50. The smallest absolute Gasteiger partial charge is 0.244 e. The van der Waals surface area contributed by atoms with Crippen LogP contribution in [-0.4, -0.2) is 38.3 Å². The second-order valence-corrected chi connectivity index (χ2v) is 6.80. The zero-order valence-electron chi connectivity index (χ0n) is 16.9. The van der Waals surface area contributed by atoms with Crippen LogP contribution in [0.4, 0.5) is 0 Å². The zero-order valence-corrected chi connectivity index (χ0v) is 17.6. The summed E-state index contributed by atoms with van der Waals surface area (Å²) < 4.78 is 16.3. The lowest BCUT2D eigenvalue weighted by Gasteiger charge is -2.10. The summed E-state index contributed by atoms with van der Waals surface area (Å²) in [5, 5.41) is 4.28. The summed E-state index contributed by atoms with van der Waals surface area (Å²) in [5.74, 6) is 1.50. The second kappa shape index (κ2) is 10.5. The van der Waals surface area contributed by atoms with Gasteiger partial charge in [-0.25, -0.2) is 0 Å². The van der Waals surface area contributed by atoms with Crippen LogP contribution >= 0.6 is 11.6 Å². The molecule has 1 amide bonds. The van der Waals surface area contributed by atoms with Gasteiger partial charge in [0.2, 0.25) is 5.91 Å². The molecule has 0 unspecified atom stereocenters. The third-order valence-electron chi connectivity index (χ3n) is 4.36. The van der Waals surface area contributed by atoms with Crippen LogP contribution in [0.25, 0.3) is 17.0 Å². The molecule has 2 aromatic carbocycles. The van der Waals surface area contributed by atoms with Gasteiger partial charge in [0.1, 0.15) is 11.3 Å². The van der Waals surface area contributed by atoms with Crippen LogP contribution in [0.1, 0.15) is 12.0 Å². The number of ether oxygens (including phenoxy) is 3. The molecular formula is C23H23ClN2O4. The number of carbonyl (C=O) groups excluding carboxylic acids is 1. The molecule has 0 aliphatic carbocycles. The van der Waals surface area contributed by atoms with Crippen LogP contribution in [0.5, 0.6) is 17.2 Å². The van der Waals surface area contributed by atoms with Gasteiger partial charge in [-0.2, -0.15) is 0 Å². The number of hydrogen-bond donors (Lipinski definition) is 1. The number of methoxy groups -OCH3 is 2. The van der Waals surface area contributed by atoms with Gasteiger partial charge in [-0.05, 0) is 42.3 Å². The summed E-state index contributed by atoms with van der Waals surface area (Å²) in [5.41, 5.74) is 1.57. The number of pyridine rings is 1. The SMILES string of the molecule is COc1cc(/C=C/C(=O)NCCCOc2cccc3cccnc23)cc(Cl)c1OC. The molecule has 1 N–H and O–H groups in total. The number of carbonyl (C=O) groups is 1. The highest BCUT2D eigenvalue weighted by Crippen LogP contribution is 2.36. The summed E-state index contributed by atoms with van der Waals surface area (Å²) >= 11 is 6.18. The normalized spacial score (nSPS) is 10.9. The van der Waals surface area contributed by atoms with Gasteiger partial charge in [-0.15, -0.1) is 0 Å². The van der Waals surface area contributed by atoms with Crippen molar-refractivity contribution >= 4 is 34.5 Å². The fourth-order valence-electron chi connectivity index (χ4n) is 2.92. The molecule has 0 bridgehead atoms. The lowest BCUT2D eigenvalue weighted by molar-refractivity contribution is -0.116. The Morgan fingerprint density at radius 1 is 1.13 bits per heavy atom. The molecule has 7 heteroatoms. The first-order chi connectivity index (χ1) is 14.6. The number of nitrogens with zero attached hydrogens (tertiary/aromatic N) is 1. The second-order valence-electron chi connectivity index (χ2n) is 6.40. The predicted molar refractivity (Wildman–Crippen MR) is 118 cm³/mol. The first-order valence-corrected chi connectivity index (χ1v) is 9.84. The Kier molecular flexibility index (Phi) is 7.51. The number of fused-ring (bicyclic) bond motifs is 1. The van der Waals surface area contributed by atoms with Crippen molar-refractivity contribution in [3.8, 4) is 17.2 Å². The molecule has 1 heterocycles. The molecule has 3 rings (SSSR count). The van der Waals surface area contributed by atoms with E-state index in [0.717, 1.165) is 22.2 Å². The summed E-state index contributed by atoms with van der Waals surface area (Å²) in [6.45, 7) is 0.971. The molecule has 6 nitrogen and oxygen atoms in total. The van der Waals surface area contributed by atoms with Crippen molar-refractivity contribution in [1.82, 2.24) is 10.3 Å². The third-order valence-corrected chi connectivity index (χ3v) is 4.64. The molecule has 0 saturated heterocycles. The monoisotopic (exact) mass is 426 g/mol. The van der Waals surface area contributed by atoms with E-state index in [1.54, 1.807) is 24.4 Å². The van der Waals surface area contributed by atoms with Gasteiger partial charge in [0.25, 0.3) is 0 Å². The summed E-state index contributed by atoms with van der Waals surface area (Å²) in [6.07, 6.45) is 5.53. The van der Waals surface area contributed by atoms with Crippen molar-refractivity contribution < 1.29 is 19.0 Å². The van der Waals surface area contributed by atoms with Crippen molar-refractivity contribution in [3.63, 3.8) is 0 Å². The summed E-state index contributed by atoms with van der Waals surface area (Å²) in [7, 11) is 3.05. The Morgan fingerprint density at radius 2 is 1.97 bits per heavy atom. The topological polar surface area (TPSA) is 69.7 Å². The molecule has 30 heavy (non-hydrogen) atoms. The van der Waals surface area contributed by atoms with Crippen molar-refractivity contribution in [2.75, 3.05) is 27.4 Å². The standard InChI is InChI=1S/C23H23ClN2O4/c1-28-20-15-16(14-18(24)23(20)29-2)9-10-21(27)25-12-5-13-30-19-8-3-6-17-7-4-11-26-22(17)19/h3-4,6-11,14-15H,5,12-13H2,1-2H3,(H,25,27)/b10-9+. The van der Waals surface area contributed by atoms with E-state index in [-0.39, 0.29) is 5.91 Å². The fraction of sp³-hybridized carbons (Fsp3) is 0.217. The van der Waals surface area contributed by atoms with Crippen molar-refractivity contribution in [3.05, 3.63) is 65.3 Å². The lowest BCUT2D eigenvalue weighted by atomic mass is 10.2. The highest BCUT2D eigenvalue weighted by Gasteiger charge is 2.10. The molecule has 0 aliphatic rings. The molecule has 0 spiro atoms. The molecule has 0 saturated carbocycles. The third kappa shape index (κ3) is 5.42. The Hall–Kier alpha value is -3.25.